The summed E-state index contributed by atoms with van der Waals surface area (Å²) in [6.45, 7) is 0.873. The van der Waals surface area contributed by atoms with Crippen molar-refractivity contribution >= 4 is 11.9 Å². The predicted octanol–water partition coefficient (Wildman–Crippen LogP) is 0.878. The summed E-state index contributed by atoms with van der Waals surface area (Å²) in [7, 11) is 4.60. The molecule has 2 rings (SSSR count). The quantitative estimate of drug-likeness (QED) is 0.717. The number of amides is 1. The van der Waals surface area contributed by atoms with Gasteiger partial charge in [0.15, 0.2) is 0 Å². The first-order valence-electron chi connectivity index (χ1n) is 8.02. The van der Waals surface area contributed by atoms with Crippen LogP contribution in [0.5, 0.6) is 17.2 Å². The molecule has 1 aromatic rings. The third-order valence-electron chi connectivity index (χ3n) is 4.27. The van der Waals surface area contributed by atoms with Gasteiger partial charge in [0.05, 0.1) is 40.0 Å². The minimum Gasteiger partial charge on any atom is -0.496 e. The van der Waals surface area contributed by atoms with E-state index in [0.717, 1.165) is 6.42 Å². The lowest BCUT2D eigenvalue weighted by Gasteiger charge is -2.21. The van der Waals surface area contributed by atoms with Crippen LogP contribution in [0, 0.1) is 0 Å². The lowest BCUT2D eigenvalue weighted by atomic mass is 10.1. The van der Waals surface area contributed by atoms with Crippen molar-refractivity contribution in [3.05, 3.63) is 17.7 Å². The molecule has 0 aliphatic carbocycles. The number of nitrogens with one attached hydrogen (secondary N) is 1. The molecular formula is C17H24N2O6. The Balaban J connectivity index is 2.03. The molecule has 0 radical (unpaired) electrons. The molecule has 0 bridgehead atoms. The van der Waals surface area contributed by atoms with Crippen molar-refractivity contribution in [2.45, 2.75) is 25.4 Å². The average Bonchev–Trinajstić information content (AvgIpc) is 3.07. The summed E-state index contributed by atoms with van der Waals surface area (Å²) in [5.41, 5.74) is 0.690. The van der Waals surface area contributed by atoms with Crippen molar-refractivity contribution in [2.24, 2.45) is 0 Å². The maximum absolute atomic E-state index is 12.2. The Bertz CT molecular complexity index is 609. The summed E-state index contributed by atoms with van der Waals surface area (Å²) in [5.74, 6) is 0.546. The predicted molar refractivity (Wildman–Crippen MR) is 90.2 cm³/mol. The molecule has 1 amide bonds. The Morgan fingerprint density at radius 1 is 1.20 bits per heavy atom. The van der Waals surface area contributed by atoms with Gasteiger partial charge in [0.25, 0.3) is 0 Å². The molecule has 1 fully saturated rings. The van der Waals surface area contributed by atoms with Crippen LogP contribution in [-0.2, 0) is 16.1 Å². The van der Waals surface area contributed by atoms with Crippen LogP contribution in [0.1, 0.15) is 18.4 Å². The minimum atomic E-state index is -0.885. The number of methoxy groups -OCH3 is 3. The standard InChI is InChI=1S/C17H24N2O6/c1-23-11-7-14(24-2)12(15(8-11)25-3)9-18-16(20)10-19-6-4-5-13(19)17(21)22/h7-8,13H,4-6,9-10H2,1-3H3,(H,18,20)(H,21,22)/t13-/m0/s1. The maximum Gasteiger partial charge on any atom is 0.320 e. The SMILES string of the molecule is COc1cc(OC)c(CNC(=O)CN2CCC[C@H]2C(=O)O)c(OC)c1. The molecule has 8 heteroatoms. The van der Waals surface area contributed by atoms with Gasteiger partial charge >= 0.3 is 5.97 Å². The number of hydrogen-bond acceptors (Lipinski definition) is 6. The number of carboxylic acids is 1. The van der Waals surface area contributed by atoms with Gasteiger partial charge < -0.3 is 24.6 Å². The van der Waals surface area contributed by atoms with Crippen molar-refractivity contribution in [1.29, 1.82) is 0 Å². The highest BCUT2D eigenvalue weighted by molar-refractivity contribution is 5.80. The molecule has 0 unspecified atom stereocenters. The maximum atomic E-state index is 12.2. The topological polar surface area (TPSA) is 97.3 Å². The fourth-order valence-electron chi connectivity index (χ4n) is 2.97. The van der Waals surface area contributed by atoms with Gasteiger partial charge in [0.1, 0.15) is 23.3 Å². The molecule has 1 heterocycles. The van der Waals surface area contributed by atoms with Gasteiger partial charge in [-0.25, -0.2) is 0 Å². The molecule has 2 N–H and O–H groups in total. The number of hydrogen-bond donors (Lipinski definition) is 2. The molecule has 8 nitrogen and oxygen atoms in total. The molecule has 1 atom stereocenters. The molecule has 0 aromatic heterocycles. The van der Waals surface area contributed by atoms with Crippen LogP contribution in [-0.4, -0.2) is 62.3 Å². The number of carboxylic acid groups (broad SMARTS) is 1. The average molecular weight is 352 g/mol. The van der Waals surface area contributed by atoms with E-state index < -0.39 is 12.0 Å². The molecule has 1 saturated heterocycles. The van der Waals surface area contributed by atoms with E-state index in [1.807, 2.05) is 0 Å². The van der Waals surface area contributed by atoms with E-state index in [2.05, 4.69) is 5.32 Å². The van der Waals surface area contributed by atoms with Crippen molar-refractivity contribution < 1.29 is 28.9 Å². The Morgan fingerprint density at radius 2 is 1.84 bits per heavy atom. The monoisotopic (exact) mass is 352 g/mol. The van der Waals surface area contributed by atoms with Crippen LogP contribution in [0.3, 0.4) is 0 Å². The fourth-order valence-corrected chi connectivity index (χ4v) is 2.97. The highest BCUT2D eigenvalue weighted by Gasteiger charge is 2.31. The molecule has 1 aromatic carbocycles. The first kappa shape index (κ1) is 18.9. The molecule has 0 spiro atoms. The van der Waals surface area contributed by atoms with E-state index in [4.69, 9.17) is 14.2 Å². The van der Waals surface area contributed by atoms with Crippen molar-refractivity contribution in [2.75, 3.05) is 34.4 Å². The van der Waals surface area contributed by atoms with Crippen LogP contribution >= 0.6 is 0 Å². The zero-order valence-corrected chi connectivity index (χ0v) is 14.7. The molecule has 1 aliphatic heterocycles. The number of ether oxygens (including phenoxy) is 3. The first-order chi connectivity index (χ1) is 12.0. The van der Waals surface area contributed by atoms with Crippen molar-refractivity contribution in [3.8, 4) is 17.2 Å². The lowest BCUT2D eigenvalue weighted by Crippen LogP contribution is -2.42. The smallest absolute Gasteiger partial charge is 0.320 e. The number of likely N-dealkylation sites (tertiary alicyclic amines) is 1. The summed E-state index contributed by atoms with van der Waals surface area (Å²) >= 11 is 0. The second-order valence-electron chi connectivity index (χ2n) is 5.75. The third kappa shape index (κ3) is 4.54. The van der Waals surface area contributed by atoms with E-state index in [0.29, 0.717) is 35.8 Å². The number of carbonyl (C=O) groups excluding carboxylic acids is 1. The van der Waals surface area contributed by atoms with Crippen LogP contribution in [0.4, 0.5) is 0 Å². The van der Waals surface area contributed by atoms with E-state index in [-0.39, 0.29) is 19.0 Å². The van der Waals surface area contributed by atoms with E-state index >= 15 is 0 Å². The largest absolute Gasteiger partial charge is 0.496 e. The third-order valence-corrected chi connectivity index (χ3v) is 4.27. The van der Waals surface area contributed by atoms with Crippen LogP contribution < -0.4 is 19.5 Å². The van der Waals surface area contributed by atoms with Gasteiger partial charge in [-0.3, -0.25) is 14.5 Å². The fraction of sp³-hybridized carbons (Fsp3) is 0.529. The van der Waals surface area contributed by atoms with Gasteiger partial charge in [0, 0.05) is 12.1 Å². The molecule has 25 heavy (non-hydrogen) atoms. The molecule has 0 saturated carbocycles. The summed E-state index contributed by atoms with van der Waals surface area (Å²) in [6, 6.07) is 2.84. The van der Waals surface area contributed by atoms with Gasteiger partial charge in [-0.1, -0.05) is 0 Å². The number of carbonyl (C=O) groups is 2. The van der Waals surface area contributed by atoms with Crippen LogP contribution in [0.15, 0.2) is 12.1 Å². The van der Waals surface area contributed by atoms with Gasteiger partial charge in [-0.05, 0) is 19.4 Å². The van der Waals surface area contributed by atoms with E-state index in [1.54, 1.807) is 24.1 Å². The normalized spacial score (nSPS) is 17.2. The number of aliphatic carboxylic acids is 1. The Kier molecular flexibility index (Phi) is 6.46. The van der Waals surface area contributed by atoms with Gasteiger partial charge in [-0.2, -0.15) is 0 Å². The highest BCUT2D eigenvalue weighted by Crippen LogP contribution is 2.33. The Morgan fingerprint density at radius 3 is 2.36 bits per heavy atom. The summed E-state index contributed by atoms with van der Waals surface area (Å²) < 4.78 is 15.9. The molecule has 1 aliphatic rings. The van der Waals surface area contributed by atoms with Gasteiger partial charge in [0.2, 0.25) is 5.91 Å². The summed E-state index contributed by atoms with van der Waals surface area (Å²) in [6.07, 6.45) is 1.35. The second-order valence-corrected chi connectivity index (χ2v) is 5.75. The lowest BCUT2D eigenvalue weighted by molar-refractivity contribution is -0.142. The number of benzene rings is 1. The second kappa shape index (κ2) is 8.57. The van der Waals surface area contributed by atoms with E-state index in [9.17, 15) is 14.7 Å². The Hall–Kier alpha value is -2.48. The summed E-state index contributed by atoms with van der Waals surface area (Å²) in [4.78, 5) is 25.1. The van der Waals surface area contributed by atoms with Crippen LogP contribution in [0.2, 0.25) is 0 Å². The first-order valence-corrected chi connectivity index (χ1v) is 8.02. The summed E-state index contributed by atoms with van der Waals surface area (Å²) in [5, 5.41) is 12.0. The van der Waals surface area contributed by atoms with Gasteiger partial charge in [-0.15, -0.1) is 0 Å². The molecule has 138 valence electrons. The number of rotatable bonds is 8. The van der Waals surface area contributed by atoms with Crippen molar-refractivity contribution in [1.82, 2.24) is 10.2 Å². The Labute approximate surface area is 146 Å². The van der Waals surface area contributed by atoms with E-state index in [1.165, 1.54) is 14.2 Å². The van der Waals surface area contributed by atoms with Crippen molar-refractivity contribution in [3.63, 3.8) is 0 Å². The zero-order chi connectivity index (χ0) is 18.4. The van der Waals surface area contributed by atoms with Crippen LogP contribution in [0.25, 0.3) is 0 Å². The highest BCUT2D eigenvalue weighted by atomic mass is 16.5. The zero-order valence-electron chi connectivity index (χ0n) is 14.7. The number of nitrogens with zero attached hydrogens (tertiary/aromatic N) is 1. The minimum absolute atomic E-state index is 0.0533. The molecular weight excluding hydrogens is 328 g/mol.